The summed E-state index contributed by atoms with van der Waals surface area (Å²) < 4.78 is 14.9. The van der Waals surface area contributed by atoms with E-state index in [4.69, 9.17) is 0 Å². The summed E-state index contributed by atoms with van der Waals surface area (Å²) in [6, 6.07) is 11.8. The number of halogens is 1. The molecule has 3 heterocycles. The molecule has 4 aromatic rings. The van der Waals surface area contributed by atoms with Gasteiger partial charge in [0.15, 0.2) is 0 Å². The highest BCUT2D eigenvalue weighted by atomic mass is 19.1. The number of phenols is 1. The number of nitrogens with one attached hydrogen (secondary N) is 2. The van der Waals surface area contributed by atoms with Crippen molar-refractivity contribution in [3.8, 4) is 17.0 Å². The zero-order chi connectivity index (χ0) is 19.3. The van der Waals surface area contributed by atoms with Gasteiger partial charge in [-0.1, -0.05) is 17.2 Å². The van der Waals surface area contributed by atoms with E-state index in [2.05, 4.69) is 31.0 Å². The molecule has 0 fully saturated rings. The zero-order valence-electron chi connectivity index (χ0n) is 14.2. The summed E-state index contributed by atoms with van der Waals surface area (Å²) in [5.41, 5.74) is 2.02. The second kappa shape index (κ2) is 5.98. The third kappa shape index (κ3) is 2.42. The lowest BCUT2D eigenvalue weighted by molar-refractivity contribution is 0.472. The molecule has 0 saturated carbocycles. The van der Waals surface area contributed by atoms with E-state index in [0.29, 0.717) is 22.4 Å². The highest BCUT2D eigenvalue weighted by molar-refractivity contribution is 5.75. The van der Waals surface area contributed by atoms with Gasteiger partial charge in [-0.25, -0.2) is 9.49 Å². The fraction of sp³-hybridized carbons (Fsp3) is 0.0556. The number of hydrogen-bond acceptors (Lipinski definition) is 7. The second-order valence-electron chi connectivity index (χ2n) is 6.27. The molecular formula is C18H12FN7O2. The number of H-pyrrole nitrogens is 1. The summed E-state index contributed by atoms with van der Waals surface area (Å²) in [6.07, 6.45) is 0. The number of phenolic OH excluding ortho intramolecular Hbond substituents is 1. The van der Waals surface area contributed by atoms with Crippen molar-refractivity contribution in [2.45, 2.75) is 6.04 Å². The van der Waals surface area contributed by atoms with Crippen LogP contribution in [0.25, 0.3) is 11.3 Å². The molecule has 2 aromatic heterocycles. The van der Waals surface area contributed by atoms with Crippen molar-refractivity contribution < 1.29 is 9.50 Å². The van der Waals surface area contributed by atoms with E-state index in [-0.39, 0.29) is 23.2 Å². The van der Waals surface area contributed by atoms with E-state index in [1.165, 1.54) is 16.8 Å². The number of aromatic nitrogens is 6. The molecule has 2 aromatic carbocycles. The number of nitrogens with zero attached hydrogens (tertiary/aromatic N) is 5. The predicted octanol–water partition coefficient (Wildman–Crippen LogP) is 1.96. The molecule has 0 saturated heterocycles. The summed E-state index contributed by atoms with van der Waals surface area (Å²) in [5.74, 6) is -0.0385. The molecule has 1 aliphatic rings. The van der Waals surface area contributed by atoms with Gasteiger partial charge in [-0.3, -0.25) is 4.79 Å². The van der Waals surface area contributed by atoms with Crippen molar-refractivity contribution in [1.82, 2.24) is 30.4 Å². The largest absolute Gasteiger partial charge is 0.508 e. The first-order valence-corrected chi connectivity index (χ1v) is 8.34. The van der Waals surface area contributed by atoms with Gasteiger partial charge in [-0.2, -0.15) is 9.78 Å². The molecule has 0 spiro atoms. The zero-order valence-corrected chi connectivity index (χ0v) is 14.2. The van der Waals surface area contributed by atoms with Crippen molar-refractivity contribution >= 4 is 11.6 Å². The van der Waals surface area contributed by atoms with Crippen molar-refractivity contribution in [1.29, 1.82) is 0 Å². The highest BCUT2D eigenvalue weighted by Gasteiger charge is 2.34. The number of tetrazole rings is 1. The monoisotopic (exact) mass is 377 g/mol. The Hall–Kier alpha value is -4.08. The maximum absolute atomic E-state index is 13.4. The Balaban J connectivity index is 1.82. The van der Waals surface area contributed by atoms with E-state index >= 15 is 0 Å². The minimum atomic E-state index is -0.622. The normalized spacial score (nSPS) is 14.8. The Morgan fingerprint density at radius 1 is 1.14 bits per heavy atom. The lowest BCUT2D eigenvalue weighted by Gasteiger charge is -2.27. The average Bonchev–Trinajstić information content (AvgIpc) is 3.16. The first kappa shape index (κ1) is 16.1. The molecule has 1 atom stereocenters. The number of aromatic hydroxyl groups is 1. The standard InChI is InChI=1S/C18H12FN7O2/c19-11-6-4-9(5-7-11)14-13-15(17(28)22-21-14)20-18-23-24-25-26(18)16(13)10-2-1-3-12(27)8-10/h1-8,16,27H,(H,22,28)(H,20,23,25)/t16-/m1/s1. The Kier molecular flexibility index (Phi) is 3.44. The molecule has 9 nitrogen and oxygen atoms in total. The van der Waals surface area contributed by atoms with Crippen LogP contribution in [0, 0.1) is 5.82 Å². The van der Waals surface area contributed by atoms with Crippen molar-refractivity contribution in [3.05, 3.63) is 75.8 Å². The first-order valence-electron chi connectivity index (χ1n) is 8.34. The Morgan fingerprint density at radius 2 is 1.96 bits per heavy atom. The third-order valence-electron chi connectivity index (χ3n) is 4.57. The number of benzene rings is 2. The molecular weight excluding hydrogens is 365 g/mol. The number of rotatable bonds is 2. The minimum absolute atomic E-state index is 0.0633. The molecule has 10 heteroatoms. The molecule has 3 N–H and O–H groups in total. The molecule has 1 aliphatic heterocycles. The molecule has 28 heavy (non-hydrogen) atoms. The SMILES string of the molecule is O=c1[nH]nc(-c2ccc(F)cc2)c2c1Nc1nnnn1[C@@H]2c1cccc(O)c1. The molecule has 0 unspecified atom stereocenters. The molecule has 0 radical (unpaired) electrons. The maximum atomic E-state index is 13.4. The van der Waals surface area contributed by atoms with Gasteiger partial charge >= 0.3 is 0 Å². The van der Waals surface area contributed by atoms with Crippen LogP contribution in [-0.2, 0) is 0 Å². The van der Waals surface area contributed by atoms with Crippen molar-refractivity contribution in [2.24, 2.45) is 0 Å². The predicted molar refractivity (Wildman–Crippen MR) is 96.7 cm³/mol. The van der Waals surface area contributed by atoms with E-state index < -0.39 is 11.6 Å². The molecule has 0 aliphatic carbocycles. The van der Waals surface area contributed by atoms with E-state index in [9.17, 15) is 14.3 Å². The van der Waals surface area contributed by atoms with Gasteiger partial charge in [0.2, 0.25) is 5.95 Å². The average molecular weight is 377 g/mol. The summed E-state index contributed by atoms with van der Waals surface area (Å²) >= 11 is 0. The summed E-state index contributed by atoms with van der Waals surface area (Å²) in [4.78, 5) is 12.5. The van der Waals surface area contributed by atoms with E-state index in [1.54, 1.807) is 36.4 Å². The van der Waals surface area contributed by atoms with Crippen LogP contribution in [0.5, 0.6) is 5.75 Å². The second-order valence-corrected chi connectivity index (χ2v) is 6.27. The van der Waals surface area contributed by atoms with Crippen LogP contribution in [0.2, 0.25) is 0 Å². The maximum Gasteiger partial charge on any atom is 0.288 e. The molecule has 138 valence electrons. The van der Waals surface area contributed by atoms with Crippen molar-refractivity contribution in [3.63, 3.8) is 0 Å². The first-order chi connectivity index (χ1) is 13.6. The van der Waals surface area contributed by atoms with Crippen LogP contribution in [0.4, 0.5) is 16.0 Å². The molecule has 0 amide bonds. The van der Waals surface area contributed by atoms with Gasteiger partial charge < -0.3 is 10.4 Å². The van der Waals surface area contributed by atoms with Gasteiger partial charge in [0, 0.05) is 11.1 Å². The van der Waals surface area contributed by atoms with E-state index in [0.717, 1.165) is 0 Å². The van der Waals surface area contributed by atoms with Crippen LogP contribution in [0.1, 0.15) is 17.2 Å². The van der Waals surface area contributed by atoms with Crippen molar-refractivity contribution in [2.75, 3.05) is 5.32 Å². The van der Waals surface area contributed by atoms with Crippen LogP contribution in [-0.4, -0.2) is 35.5 Å². The van der Waals surface area contributed by atoms with Gasteiger partial charge in [0.05, 0.1) is 5.69 Å². The number of aromatic amines is 1. The number of hydrogen-bond donors (Lipinski definition) is 3. The van der Waals surface area contributed by atoms with Crippen LogP contribution in [0.15, 0.2) is 53.3 Å². The Labute approximate surface area is 156 Å². The summed E-state index contributed by atoms with van der Waals surface area (Å²) in [7, 11) is 0. The fourth-order valence-corrected chi connectivity index (χ4v) is 3.37. The van der Waals surface area contributed by atoms with Crippen LogP contribution < -0.4 is 10.9 Å². The minimum Gasteiger partial charge on any atom is -0.508 e. The van der Waals surface area contributed by atoms with Gasteiger partial charge in [0.25, 0.3) is 5.56 Å². The number of anilines is 2. The Morgan fingerprint density at radius 3 is 2.75 bits per heavy atom. The summed E-state index contributed by atoms with van der Waals surface area (Å²) in [6.45, 7) is 0. The smallest absolute Gasteiger partial charge is 0.288 e. The van der Waals surface area contributed by atoms with Gasteiger partial charge in [-0.15, -0.1) is 0 Å². The molecule has 5 rings (SSSR count). The quantitative estimate of drug-likeness (QED) is 0.430. The van der Waals surface area contributed by atoms with Gasteiger partial charge in [-0.05, 0) is 52.4 Å². The van der Waals surface area contributed by atoms with Crippen LogP contribution >= 0.6 is 0 Å². The highest BCUT2D eigenvalue weighted by Crippen LogP contribution is 2.41. The summed E-state index contributed by atoms with van der Waals surface area (Å²) in [5, 5.41) is 31.2. The topological polar surface area (TPSA) is 122 Å². The number of fused-ring (bicyclic) bond motifs is 2. The van der Waals surface area contributed by atoms with Crippen LogP contribution in [0.3, 0.4) is 0 Å². The van der Waals surface area contributed by atoms with Gasteiger partial charge in [0.1, 0.15) is 23.3 Å². The molecule has 0 bridgehead atoms. The Bertz CT molecular complexity index is 1250. The lowest BCUT2D eigenvalue weighted by Crippen LogP contribution is -2.29. The lowest BCUT2D eigenvalue weighted by atomic mass is 9.92. The fourth-order valence-electron chi connectivity index (χ4n) is 3.37. The third-order valence-corrected chi connectivity index (χ3v) is 4.57. The van der Waals surface area contributed by atoms with E-state index in [1.807, 2.05) is 0 Å².